The van der Waals surface area contributed by atoms with Crippen LogP contribution in [-0.2, 0) is 13.0 Å². The Bertz CT molecular complexity index is 443. The molecule has 0 bridgehead atoms. The van der Waals surface area contributed by atoms with Crippen LogP contribution in [-0.4, -0.2) is 20.2 Å². The summed E-state index contributed by atoms with van der Waals surface area (Å²) in [7, 11) is 0. The van der Waals surface area contributed by atoms with Crippen molar-refractivity contribution in [2.75, 3.05) is 5.32 Å². The van der Waals surface area contributed by atoms with Crippen molar-refractivity contribution in [2.24, 2.45) is 0 Å². The monoisotopic (exact) mass is 215 g/mol. The van der Waals surface area contributed by atoms with E-state index < -0.39 is 0 Å². The van der Waals surface area contributed by atoms with Crippen molar-refractivity contribution in [1.82, 2.24) is 20.2 Å². The highest BCUT2D eigenvalue weighted by Crippen LogP contribution is 2.05. The van der Waals surface area contributed by atoms with Gasteiger partial charge in [0.05, 0.1) is 12.2 Å². The Morgan fingerprint density at radius 2 is 2.19 bits per heavy atom. The maximum absolute atomic E-state index is 4.13. The first-order valence-corrected chi connectivity index (χ1v) is 5.20. The molecular formula is C11H13N5. The standard InChI is InChI=1S/C11H13N5/c1-2-9-6-11(14-8-13-9)12-7-10-4-3-5-15-16-10/h3-6,8H,2,7H2,1H3,(H,12,13,14). The highest BCUT2D eigenvalue weighted by Gasteiger charge is 1.98. The molecule has 5 heteroatoms. The van der Waals surface area contributed by atoms with Crippen LogP contribution in [0.25, 0.3) is 0 Å². The summed E-state index contributed by atoms with van der Waals surface area (Å²) in [5.41, 5.74) is 1.91. The Kier molecular flexibility index (Phi) is 3.38. The van der Waals surface area contributed by atoms with Gasteiger partial charge in [-0.1, -0.05) is 6.92 Å². The molecule has 0 unspecified atom stereocenters. The molecule has 82 valence electrons. The summed E-state index contributed by atoms with van der Waals surface area (Å²) in [4.78, 5) is 8.27. The van der Waals surface area contributed by atoms with Gasteiger partial charge in [-0.15, -0.1) is 0 Å². The third-order valence-corrected chi connectivity index (χ3v) is 2.16. The molecule has 0 aromatic carbocycles. The molecule has 0 atom stereocenters. The van der Waals surface area contributed by atoms with Gasteiger partial charge in [-0.3, -0.25) is 0 Å². The molecule has 0 aliphatic rings. The van der Waals surface area contributed by atoms with E-state index in [4.69, 9.17) is 0 Å². The van der Waals surface area contributed by atoms with Crippen molar-refractivity contribution >= 4 is 5.82 Å². The van der Waals surface area contributed by atoms with Gasteiger partial charge in [0.2, 0.25) is 0 Å². The lowest BCUT2D eigenvalue weighted by Gasteiger charge is -2.04. The van der Waals surface area contributed by atoms with E-state index in [9.17, 15) is 0 Å². The Morgan fingerprint density at radius 1 is 1.25 bits per heavy atom. The number of rotatable bonds is 4. The summed E-state index contributed by atoms with van der Waals surface area (Å²) in [6.45, 7) is 2.68. The van der Waals surface area contributed by atoms with Crippen LogP contribution in [0.5, 0.6) is 0 Å². The molecule has 0 fully saturated rings. The summed E-state index contributed by atoms with van der Waals surface area (Å²) in [6.07, 6.45) is 4.13. The van der Waals surface area contributed by atoms with Crippen LogP contribution in [0, 0.1) is 0 Å². The highest BCUT2D eigenvalue weighted by molar-refractivity contribution is 5.35. The van der Waals surface area contributed by atoms with Gasteiger partial charge in [-0.05, 0) is 18.6 Å². The van der Waals surface area contributed by atoms with E-state index in [1.165, 1.54) is 0 Å². The van der Waals surface area contributed by atoms with Crippen LogP contribution in [0.2, 0.25) is 0 Å². The molecular weight excluding hydrogens is 202 g/mol. The summed E-state index contributed by atoms with van der Waals surface area (Å²) in [5, 5.41) is 11.0. The number of nitrogens with one attached hydrogen (secondary N) is 1. The smallest absolute Gasteiger partial charge is 0.129 e. The van der Waals surface area contributed by atoms with Gasteiger partial charge in [0.25, 0.3) is 0 Å². The molecule has 0 amide bonds. The minimum atomic E-state index is 0.619. The van der Waals surface area contributed by atoms with Crippen molar-refractivity contribution < 1.29 is 0 Å². The predicted molar refractivity (Wildman–Crippen MR) is 60.8 cm³/mol. The first-order chi connectivity index (χ1) is 7.88. The zero-order valence-corrected chi connectivity index (χ0v) is 9.09. The molecule has 0 aliphatic carbocycles. The summed E-state index contributed by atoms with van der Waals surface area (Å²) < 4.78 is 0. The van der Waals surface area contributed by atoms with Crippen molar-refractivity contribution in [3.05, 3.63) is 42.1 Å². The fraction of sp³-hybridized carbons (Fsp3) is 0.273. The predicted octanol–water partition coefficient (Wildman–Crippen LogP) is 1.44. The number of nitrogens with zero attached hydrogens (tertiary/aromatic N) is 4. The van der Waals surface area contributed by atoms with E-state index in [1.807, 2.05) is 18.2 Å². The van der Waals surface area contributed by atoms with E-state index in [-0.39, 0.29) is 0 Å². The summed E-state index contributed by atoms with van der Waals surface area (Å²) in [5.74, 6) is 0.817. The Morgan fingerprint density at radius 3 is 2.94 bits per heavy atom. The molecule has 0 spiro atoms. The van der Waals surface area contributed by atoms with Gasteiger partial charge >= 0.3 is 0 Å². The molecule has 2 rings (SSSR count). The lowest BCUT2D eigenvalue weighted by Crippen LogP contribution is -2.04. The topological polar surface area (TPSA) is 63.6 Å². The van der Waals surface area contributed by atoms with E-state index in [0.29, 0.717) is 6.54 Å². The number of anilines is 1. The fourth-order valence-corrected chi connectivity index (χ4v) is 1.30. The molecule has 0 saturated carbocycles. The first-order valence-electron chi connectivity index (χ1n) is 5.20. The lowest BCUT2D eigenvalue weighted by atomic mass is 10.3. The summed E-state index contributed by atoms with van der Waals surface area (Å²) >= 11 is 0. The maximum atomic E-state index is 4.13. The number of aryl methyl sites for hydroxylation is 1. The second-order valence-corrected chi connectivity index (χ2v) is 3.32. The Labute approximate surface area is 94.0 Å². The van der Waals surface area contributed by atoms with E-state index in [2.05, 4.69) is 32.4 Å². The van der Waals surface area contributed by atoms with Gasteiger partial charge < -0.3 is 5.32 Å². The van der Waals surface area contributed by atoms with Crippen molar-refractivity contribution in [2.45, 2.75) is 19.9 Å². The molecule has 1 N–H and O–H groups in total. The molecule has 16 heavy (non-hydrogen) atoms. The van der Waals surface area contributed by atoms with Crippen LogP contribution < -0.4 is 5.32 Å². The quantitative estimate of drug-likeness (QED) is 0.836. The van der Waals surface area contributed by atoms with Gasteiger partial charge in [-0.2, -0.15) is 10.2 Å². The van der Waals surface area contributed by atoms with Crippen molar-refractivity contribution in [3.8, 4) is 0 Å². The average Bonchev–Trinajstić information content (AvgIpc) is 2.38. The van der Waals surface area contributed by atoms with Gasteiger partial charge in [-0.25, -0.2) is 9.97 Å². The molecule has 2 heterocycles. The largest absolute Gasteiger partial charge is 0.364 e. The lowest BCUT2D eigenvalue weighted by molar-refractivity contribution is 0.914. The second-order valence-electron chi connectivity index (χ2n) is 3.32. The second kappa shape index (κ2) is 5.16. The number of aromatic nitrogens is 4. The molecule has 2 aromatic heterocycles. The van der Waals surface area contributed by atoms with Crippen LogP contribution >= 0.6 is 0 Å². The Balaban J connectivity index is 1.99. The van der Waals surface area contributed by atoms with E-state index >= 15 is 0 Å². The van der Waals surface area contributed by atoms with Gasteiger partial charge in [0.15, 0.2) is 0 Å². The van der Waals surface area contributed by atoms with Crippen LogP contribution in [0.1, 0.15) is 18.3 Å². The van der Waals surface area contributed by atoms with Crippen molar-refractivity contribution in [1.29, 1.82) is 0 Å². The number of hydrogen-bond donors (Lipinski definition) is 1. The molecule has 0 saturated heterocycles. The molecule has 5 nitrogen and oxygen atoms in total. The zero-order chi connectivity index (χ0) is 11.2. The number of hydrogen-bond acceptors (Lipinski definition) is 5. The fourth-order valence-electron chi connectivity index (χ4n) is 1.30. The highest BCUT2D eigenvalue weighted by atomic mass is 15.1. The van der Waals surface area contributed by atoms with Crippen LogP contribution in [0.15, 0.2) is 30.7 Å². The minimum absolute atomic E-state index is 0.619. The van der Waals surface area contributed by atoms with Gasteiger partial charge in [0, 0.05) is 18.0 Å². The Hall–Kier alpha value is -2.04. The molecule has 0 radical (unpaired) electrons. The average molecular weight is 215 g/mol. The maximum Gasteiger partial charge on any atom is 0.129 e. The summed E-state index contributed by atoms with van der Waals surface area (Å²) in [6, 6.07) is 5.72. The minimum Gasteiger partial charge on any atom is -0.364 e. The zero-order valence-electron chi connectivity index (χ0n) is 9.09. The third-order valence-electron chi connectivity index (χ3n) is 2.16. The van der Waals surface area contributed by atoms with Crippen molar-refractivity contribution in [3.63, 3.8) is 0 Å². The normalized spacial score (nSPS) is 10.1. The van der Waals surface area contributed by atoms with Gasteiger partial charge in [0.1, 0.15) is 12.1 Å². The van der Waals surface area contributed by atoms with Crippen LogP contribution in [0.4, 0.5) is 5.82 Å². The molecule has 0 aliphatic heterocycles. The first kappa shape index (κ1) is 10.5. The van der Waals surface area contributed by atoms with Crippen LogP contribution in [0.3, 0.4) is 0 Å². The third kappa shape index (κ3) is 2.73. The van der Waals surface area contributed by atoms with E-state index in [0.717, 1.165) is 23.6 Å². The molecule has 2 aromatic rings. The van der Waals surface area contributed by atoms with E-state index in [1.54, 1.807) is 12.5 Å². The SMILES string of the molecule is CCc1cc(NCc2cccnn2)ncn1.